The van der Waals surface area contributed by atoms with Crippen molar-refractivity contribution in [2.24, 2.45) is 0 Å². The average Bonchev–Trinajstić information content (AvgIpc) is 2.50. The van der Waals surface area contributed by atoms with Gasteiger partial charge in [-0.2, -0.15) is 0 Å². The molecule has 2 rings (SSSR count). The number of carboxylic acids is 1. The Labute approximate surface area is 80.0 Å². The number of fused-ring (bicyclic) bond motifs is 1. The lowest BCUT2D eigenvalue weighted by atomic mass is 10.2. The minimum atomic E-state index is -0.882. The third kappa shape index (κ3) is 1.44. The first kappa shape index (κ1) is 8.68. The molecular formula is C9H9N3O2. The highest BCUT2D eigenvalue weighted by atomic mass is 16.4. The zero-order valence-corrected chi connectivity index (χ0v) is 7.64. The fourth-order valence-electron chi connectivity index (χ4n) is 1.37. The second-order valence-electron chi connectivity index (χ2n) is 3.06. The monoisotopic (exact) mass is 191 g/mol. The van der Waals surface area contributed by atoms with Crippen LogP contribution in [-0.2, 0) is 11.2 Å². The molecule has 2 aromatic heterocycles. The van der Waals surface area contributed by atoms with E-state index in [2.05, 4.69) is 9.97 Å². The van der Waals surface area contributed by atoms with Crippen molar-refractivity contribution >= 4 is 11.7 Å². The zero-order chi connectivity index (χ0) is 10.1. The molecule has 5 nitrogen and oxygen atoms in total. The van der Waals surface area contributed by atoms with Gasteiger partial charge in [0.15, 0.2) is 0 Å². The highest BCUT2D eigenvalue weighted by Crippen LogP contribution is 2.06. The Morgan fingerprint density at radius 3 is 3.14 bits per heavy atom. The van der Waals surface area contributed by atoms with E-state index >= 15 is 0 Å². The molecule has 2 heterocycles. The summed E-state index contributed by atoms with van der Waals surface area (Å²) in [5, 5.41) is 8.61. The topological polar surface area (TPSA) is 67.5 Å². The molecule has 14 heavy (non-hydrogen) atoms. The van der Waals surface area contributed by atoms with Crippen molar-refractivity contribution < 1.29 is 9.90 Å². The SMILES string of the molecule is Cc1cc(CC(=O)O)nc2nccn12. The predicted octanol–water partition coefficient (Wildman–Crippen LogP) is 0.665. The summed E-state index contributed by atoms with van der Waals surface area (Å²) >= 11 is 0. The van der Waals surface area contributed by atoms with Gasteiger partial charge in [-0.25, -0.2) is 9.97 Å². The molecule has 0 spiro atoms. The van der Waals surface area contributed by atoms with Gasteiger partial charge in [-0.1, -0.05) is 0 Å². The molecule has 0 saturated carbocycles. The molecule has 5 heteroatoms. The van der Waals surface area contributed by atoms with Gasteiger partial charge in [-0.15, -0.1) is 0 Å². The second kappa shape index (κ2) is 3.10. The number of aliphatic carboxylic acids is 1. The van der Waals surface area contributed by atoms with Gasteiger partial charge in [0.2, 0.25) is 5.78 Å². The maximum absolute atomic E-state index is 10.5. The number of aryl methyl sites for hydroxylation is 1. The Bertz CT molecular complexity index is 490. The van der Waals surface area contributed by atoms with Gasteiger partial charge in [0.1, 0.15) is 0 Å². The summed E-state index contributed by atoms with van der Waals surface area (Å²) in [5.41, 5.74) is 1.47. The first-order valence-electron chi connectivity index (χ1n) is 4.18. The lowest BCUT2D eigenvalue weighted by Gasteiger charge is -2.01. The summed E-state index contributed by atoms with van der Waals surface area (Å²) in [5.74, 6) is -0.339. The summed E-state index contributed by atoms with van der Waals surface area (Å²) in [7, 11) is 0. The Hall–Kier alpha value is -1.91. The lowest BCUT2D eigenvalue weighted by molar-refractivity contribution is -0.136. The van der Waals surface area contributed by atoms with E-state index < -0.39 is 5.97 Å². The van der Waals surface area contributed by atoms with Crippen LogP contribution in [0.15, 0.2) is 18.5 Å². The van der Waals surface area contributed by atoms with Crippen LogP contribution in [-0.4, -0.2) is 25.4 Å². The normalized spacial score (nSPS) is 10.6. The summed E-state index contributed by atoms with van der Waals surface area (Å²) in [6, 6.07) is 1.75. The van der Waals surface area contributed by atoms with Gasteiger partial charge in [0.25, 0.3) is 0 Å². The summed E-state index contributed by atoms with van der Waals surface area (Å²) in [4.78, 5) is 18.6. The standard InChI is InChI=1S/C9H9N3O2/c1-6-4-7(5-8(13)14)11-9-10-2-3-12(6)9/h2-4H,5H2,1H3,(H,13,14). The fourth-order valence-corrected chi connectivity index (χ4v) is 1.37. The number of hydrogen-bond donors (Lipinski definition) is 1. The Morgan fingerprint density at radius 1 is 1.64 bits per heavy atom. The van der Waals surface area contributed by atoms with Crippen LogP contribution in [0.5, 0.6) is 0 Å². The zero-order valence-electron chi connectivity index (χ0n) is 7.64. The minimum absolute atomic E-state index is 0.0653. The maximum atomic E-state index is 10.5. The van der Waals surface area contributed by atoms with Gasteiger partial charge in [-0.3, -0.25) is 9.20 Å². The Balaban J connectivity index is 2.53. The molecule has 0 fully saturated rings. The molecular weight excluding hydrogens is 182 g/mol. The van der Waals surface area contributed by atoms with E-state index in [1.165, 1.54) is 0 Å². The minimum Gasteiger partial charge on any atom is -0.481 e. The van der Waals surface area contributed by atoms with Crippen LogP contribution in [0, 0.1) is 6.92 Å². The molecule has 0 saturated heterocycles. The maximum Gasteiger partial charge on any atom is 0.309 e. The van der Waals surface area contributed by atoms with Crippen LogP contribution >= 0.6 is 0 Å². The molecule has 0 aliphatic heterocycles. The number of carbonyl (C=O) groups is 1. The predicted molar refractivity (Wildman–Crippen MR) is 49.1 cm³/mol. The molecule has 0 amide bonds. The highest BCUT2D eigenvalue weighted by molar-refractivity contribution is 5.69. The summed E-state index contributed by atoms with van der Waals surface area (Å²) in [6.45, 7) is 1.89. The van der Waals surface area contributed by atoms with Crippen LogP contribution < -0.4 is 0 Å². The van der Waals surface area contributed by atoms with E-state index in [1.807, 2.05) is 11.3 Å². The molecule has 0 aliphatic rings. The highest BCUT2D eigenvalue weighted by Gasteiger charge is 2.06. The van der Waals surface area contributed by atoms with E-state index in [1.54, 1.807) is 18.5 Å². The summed E-state index contributed by atoms with van der Waals surface area (Å²) in [6.07, 6.45) is 3.37. The molecule has 0 atom stereocenters. The quantitative estimate of drug-likeness (QED) is 0.757. The first-order chi connectivity index (χ1) is 6.66. The van der Waals surface area contributed by atoms with E-state index in [9.17, 15) is 4.79 Å². The number of hydrogen-bond acceptors (Lipinski definition) is 3. The third-order valence-electron chi connectivity index (χ3n) is 1.95. The number of carboxylic acid groups (broad SMARTS) is 1. The molecule has 0 radical (unpaired) electrons. The van der Waals surface area contributed by atoms with Gasteiger partial charge in [-0.05, 0) is 13.0 Å². The largest absolute Gasteiger partial charge is 0.481 e. The van der Waals surface area contributed by atoms with Crippen molar-refractivity contribution in [3.05, 3.63) is 29.8 Å². The first-order valence-corrected chi connectivity index (χ1v) is 4.18. The number of rotatable bonds is 2. The summed E-state index contributed by atoms with van der Waals surface area (Å²) < 4.78 is 1.81. The molecule has 0 aliphatic carbocycles. The van der Waals surface area contributed by atoms with Gasteiger partial charge in [0.05, 0.1) is 12.1 Å². The molecule has 1 N–H and O–H groups in total. The van der Waals surface area contributed by atoms with Crippen molar-refractivity contribution in [3.8, 4) is 0 Å². The number of aromatic nitrogens is 3. The molecule has 72 valence electrons. The second-order valence-corrected chi connectivity index (χ2v) is 3.06. The smallest absolute Gasteiger partial charge is 0.309 e. The molecule has 2 aromatic rings. The lowest BCUT2D eigenvalue weighted by Crippen LogP contribution is -2.05. The van der Waals surface area contributed by atoms with Gasteiger partial charge < -0.3 is 5.11 Å². The average molecular weight is 191 g/mol. The van der Waals surface area contributed by atoms with Crippen molar-refractivity contribution in [2.45, 2.75) is 13.3 Å². The van der Waals surface area contributed by atoms with Crippen LogP contribution in [0.2, 0.25) is 0 Å². The molecule has 0 bridgehead atoms. The van der Waals surface area contributed by atoms with Crippen molar-refractivity contribution in [1.29, 1.82) is 0 Å². The van der Waals surface area contributed by atoms with E-state index in [-0.39, 0.29) is 6.42 Å². The Morgan fingerprint density at radius 2 is 2.43 bits per heavy atom. The fraction of sp³-hybridized carbons (Fsp3) is 0.222. The van der Waals surface area contributed by atoms with Gasteiger partial charge >= 0.3 is 5.97 Å². The van der Waals surface area contributed by atoms with Crippen LogP contribution in [0.4, 0.5) is 0 Å². The Kier molecular flexibility index (Phi) is 1.92. The van der Waals surface area contributed by atoms with E-state index in [4.69, 9.17) is 5.11 Å². The number of nitrogens with zero attached hydrogens (tertiary/aromatic N) is 3. The van der Waals surface area contributed by atoms with Crippen molar-refractivity contribution in [2.75, 3.05) is 0 Å². The van der Waals surface area contributed by atoms with Gasteiger partial charge in [0, 0.05) is 18.1 Å². The van der Waals surface area contributed by atoms with Crippen molar-refractivity contribution in [3.63, 3.8) is 0 Å². The molecule has 0 aromatic carbocycles. The van der Waals surface area contributed by atoms with Crippen molar-refractivity contribution in [1.82, 2.24) is 14.4 Å². The molecule has 0 unspecified atom stereocenters. The van der Waals surface area contributed by atoms with Crippen LogP contribution in [0.1, 0.15) is 11.4 Å². The van der Waals surface area contributed by atoms with Crippen LogP contribution in [0.3, 0.4) is 0 Å². The van der Waals surface area contributed by atoms with Crippen LogP contribution in [0.25, 0.3) is 5.78 Å². The van der Waals surface area contributed by atoms with E-state index in [0.29, 0.717) is 11.5 Å². The number of imidazole rings is 1. The van der Waals surface area contributed by atoms with E-state index in [0.717, 1.165) is 5.69 Å². The third-order valence-corrected chi connectivity index (χ3v) is 1.95.